The average molecular weight is 196 g/mol. The molecule has 0 aromatic rings. The molecule has 2 saturated carbocycles. The van der Waals surface area contributed by atoms with E-state index in [0.717, 1.165) is 12.6 Å². The van der Waals surface area contributed by atoms with Gasteiger partial charge in [0.05, 0.1) is 0 Å². The zero-order valence-electron chi connectivity index (χ0n) is 9.47. The first-order valence-corrected chi connectivity index (χ1v) is 6.19. The Hall–Kier alpha value is -0.0800. The maximum absolute atomic E-state index is 6.15. The van der Waals surface area contributed by atoms with Gasteiger partial charge in [-0.1, -0.05) is 25.7 Å². The van der Waals surface area contributed by atoms with Crippen molar-refractivity contribution in [3.63, 3.8) is 0 Å². The molecule has 0 spiro atoms. The second-order valence-electron chi connectivity index (χ2n) is 5.42. The SMILES string of the molecule is CN(CC1(N)CC1)C1CCCCCC1. The summed E-state index contributed by atoms with van der Waals surface area (Å²) in [6, 6.07) is 0.818. The normalized spacial score (nSPS) is 27.6. The largest absolute Gasteiger partial charge is 0.324 e. The molecule has 82 valence electrons. The molecule has 0 bridgehead atoms. The molecule has 0 aliphatic heterocycles. The highest BCUT2D eigenvalue weighted by Gasteiger charge is 2.39. The zero-order valence-corrected chi connectivity index (χ0v) is 9.47. The summed E-state index contributed by atoms with van der Waals surface area (Å²) in [5.41, 5.74) is 6.35. The quantitative estimate of drug-likeness (QED) is 0.701. The smallest absolute Gasteiger partial charge is 0.0284 e. The Morgan fingerprint density at radius 3 is 2.21 bits per heavy atom. The van der Waals surface area contributed by atoms with Crippen molar-refractivity contribution in [2.24, 2.45) is 5.73 Å². The van der Waals surface area contributed by atoms with Gasteiger partial charge < -0.3 is 10.6 Å². The highest BCUT2D eigenvalue weighted by Crippen LogP contribution is 2.34. The standard InChI is InChI=1S/C12H24N2/c1-14(10-12(13)8-9-12)11-6-4-2-3-5-7-11/h11H,2-10,13H2,1H3. The summed E-state index contributed by atoms with van der Waals surface area (Å²) in [6.45, 7) is 1.12. The van der Waals surface area contributed by atoms with Crippen LogP contribution in [0, 0.1) is 0 Å². The van der Waals surface area contributed by atoms with Gasteiger partial charge in [-0.25, -0.2) is 0 Å². The lowest BCUT2D eigenvalue weighted by atomic mass is 10.1. The highest BCUT2D eigenvalue weighted by molar-refractivity contribution is 5.01. The van der Waals surface area contributed by atoms with Gasteiger partial charge in [-0.3, -0.25) is 0 Å². The first kappa shape index (κ1) is 10.4. The monoisotopic (exact) mass is 196 g/mol. The molecule has 2 aliphatic rings. The minimum Gasteiger partial charge on any atom is -0.324 e. The molecule has 0 radical (unpaired) electrons. The fraction of sp³-hybridized carbons (Fsp3) is 1.00. The topological polar surface area (TPSA) is 29.3 Å². The molecule has 2 aliphatic carbocycles. The summed E-state index contributed by atoms with van der Waals surface area (Å²) >= 11 is 0. The summed E-state index contributed by atoms with van der Waals surface area (Å²) < 4.78 is 0. The Morgan fingerprint density at radius 2 is 1.71 bits per heavy atom. The first-order valence-electron chi connectivity index (χ1n) is 6.19. The number of rotatable bonds is 3. The van der Waals surface area contributed by atoms with Gasteiger partial charge in [0, 0.05) is 18.1 Å². The van der Waals surface area contributed by atoms with Crippen LogP contribution in [0.3, 0.4) is 0 Å². The van der Waals surface area contributed by atoms with Crippen LogP contribution < -0.4 is 5.73 Å². The van der Waals surface area contributed by atoms with E-state index >= 15 is 0 Å². The lowest BCUT2D eigenvalue weighted by Gasteiger charge is -2.29. The molecule has 0 amide bonds. The minimum atomic E-state index is 0.195. The molecule has 0 aromatic carbocycles. The third-order valence-corrected chi connectivity index (χ3v) is 3.90. The highest BCUT2D eigenvalue weighted by atomic mass is 15.2. The molecule has 2 heteroatoms. The van der Waals surface area contributed by atoms with E-state index in [2.05, 4.69) is 11.9 Å². The number of likely N-dealkylation sites (N-methyl/N-ethyl adjacent to an activating group) is 1. The summed E-state index contributed by atoms with van der Waals surface area (Å²) in [4.78, 5) is 2.53. The molecule has 2 N–H and O–H groups in total. The van der Waals surface area contributed by atoms with Gasteiger partial charge >= 0.3 is 0 Å². The van der Waals surface area contributed by atoms with Gasteiger partial charge in [0.25, 0.3) is 0 Å². The van der Waals surface area contributed by atoms with Crippen molar-refractivity contribution in [2.45, 2.75) is 62.9 Å². The minimum absolute atomic E-state index is 0.195. The van der Waals surface area contributed by atoms with Crippen molar-refractivity contribution < 1.29 is 0 Å². The molecule has 0 aromatic heterocycles. The molecule has 2 nitrogen and oxygen atoms in total. The van der Waals surface area contributed by atoms with Gasteiger partial charge in [0.15, 0.2) is 0 Å². The predicted molar refractivity (Wildman–Crippen MR) is 60.3 cm³/mol. The molecule has 0 unspecified atom stereocenters. The van der Waals surface area contributed by atoms with Crippen molar-refractivity contribution in [3.8, 4) is 0 Å². The van der Waals surface area contributed by atoms with Crippen molar-refractivity contribution in [1.82, 2.24) is 4.90 Å². The number of nitrogens with zero attached hydrogens (tertiary/aromatic N) is 1. The second-order valence-corrected chi connectivity index (χ2v) is 5.42. The van der Waals surface area contributed by atoms with Crippen LogP contribution in [0.2, 0.25) is 0 Å². The van der Waals surface area contributed by atoms with E-state index in [-0.39, 0.29) is 5.54 Å². The molecule has 2 fully saturated rings. The van der Waals surface area contributed by atoms with Crippen LogP contribution in [0.5, 0.6) is 0 Å². The molecular weight excluding hydrogens is 172 g/mol. The Balaban J connectivity index is 1.79. The Bertz CT molecular complexity index is 179. The van der Waals surface area contributed by atoms with Crippen molar-refractivity contribution in [2.75, 3.05) is 13.6 Å². The average Bonchev–Trinajstić information content (AvgIpc) is 2.89. The Labute approximate surface area is 87.8 Å². The Morgan fingerprint density at radius 1 is 1.14 bits per heavy atom. The third kappa shape index (κ3) is 2.71. The van der Waals surface area contributed by atoms with Gasteiger partial charge in [-0.15, -0.1) is 0 Å². The maximum atomic E-state index is 6.15. The number of hydrogen-bond donors (Lipinski definition) is 1. The van der Waals surface area contributed by atoms with E-state index in [0.29, 0.717) is 0 Å². The van der Waals surface area contributed by atoms with Crippen LogP contribution in [0.1, 0.15) is 51.4 Å². The van der Waals surface area contributed by atoms with E-state index in [1.807, 2.05) is 0 Å². The molecule has 2 rings (SSSR count). The lowest BCUT2D eigenvalue weighted by molar-refractivity contribution is 0.204. The summed E-state index contributed by atoms with van der Waals surface area (Å²) in [7, 11) is 2.27. The van der Waals surface area contributed by atoms with Crippen LogP contribution in [0.4, 0.5) is 0 Å². The lowest BCUT2D eigenvalue weighted by Crippen LogP contribution is -2.42. The molecular formula is C12H24N2. The van der Waals surface area contributed by atoms with Crippen LogP contribution >= 0.6 is 0 Å². The number of nitrogens with two attached hydrogens (primary N) is 1. The van der Waals surface area contributed by atoms with E-state index in [4.69, 9.17) is 5.73 Å². The molecule has 0 heterocycles. The van der Waals surface area contributed by atoms with E-state index in [1.54, 1.807) is 0 Å². The summed E-state index contributed by atoms with van der Waals surface area (Å²) in [5, 5.41) is 0. The molecule has 0 saturated heterocycles. The maximum Gasteiger partial charge on any atom is 0.0284 e. The summed E-state index contributed by atoms with van der Waals surface area (Å²) in [6.07, 6.45) is 11.0. The molecule has 0 atom stereocenters. The van der Waals surface area contributed by atoms with Crippen molar-refractivity contribution in [3.05, 3.63) is 0 Å². The van der Waals surface area contributed by atoms with Crippen LogP contribution in [0.25, 0.3) is 0 Å². The zero-order chi connectivity index (χ0) is 10.0. The van der Waals surface area contributed by atoms with E-state index in [9.17, 15) is 0 Å². The fourth-order valence-electron chi connectivity index (χ4n) is 2.64. The molecule has 14 heavy (non-hydrogen) atoms. The van der Waals surface area contributed by atoms with E-state index in [1.165, 1.54) is 51.4 Å². The fourth-order valence-corrected chi connectivity index (χ4v) is 2.64. The second kappa shape index (κ2) is 4.19. The van der Waals surface area contributed by atoms with E-state index < -0.39 is 0 Å². The van der Waals surface area contributed by atoms with Gasteiger partial charge in [0.2, 0.25) is 0 Å². The van der Waals surface area contributed by atoms with Crippen LogP contribution in [-0.4, -0.2) is 30.1 Å². The van der Waals surface area contributed by atoms with Gasteiger partial charge in [0.1, 0.15) is 0 Å². The third-order valence-electron chi connectivity index (χ3n) is 3.90. The summed E-state index contributed by atoms with van der Waals surface area (Å²) in [5.74, 6) is 0. The van der Waals surface area contributed by atoms with Gasteiger partial charge in [-0.2, -0.15) is 0 Å². The predicted octanol–water partition coefficient (Wildman–Crippen LogP) is 2.13. The van der Waals surface area contributed by atoms with Gasteiger partial charge in [-0.05, 0) is 32.7 Å². The van der Waals surface area contributed by atoms with Crippen LogP contribution in [0.15, 0.2) is 0 Å². The number of hydrogen-bond acceptors (Lipinski definition) is 2. The van der Waals surface area contributed by atoms with Crippen molar-refractivity contribution in [1.29, 1.82) is 0 Å². The van der Waals surface area contributed by atoms with Crippen LogP contribution in [-0.2, 0) is 0 Å². The first-order chi connectivity index (χ1) is 6.70. The van der Waals surface area contributed by atoms with Crippen molar-refractivity contribution >= 4 is 0 Å². The Kier molecular flexibility index (Phi) is 3.13.